The second-order valence-electron chi connectivity index (χ2n) is 6.38. The molecule has 0 bridgehead atoms. The lowest BCUT2D eigenvalue weighted by Crippen LogP contribution is -2.35. The molecular weight excluding hydrogens is 196 g/mol. The highest BCUT2D eigenvalue weighted by Gasteiger charge is 2.06. The van der Waals surface area contributed by atoms with Crippen molar-refractivity contribution in [3.8, 4) is 0 Å². The van der Waals surface area contributed by atoms with Crippen LogP contribution in [0.25, 0.3) is 0 Å². The maximum atomic E-state index is 2.32. The Morgan fingerprint density at radius 2 is 1.38 bits per heavy atom. The molecule has 0 spiro atoms. The third kappa shape index (κ3) is 10.4. The molecule has 0 saturated carbocycles. The first-order chi connectivity index (χ1) is 7.33. The number of rotatable bonds is 9. The van der Waals surface area contributed by atoms with Crippen LogP contribution in [-0.4, -0.2) is 57.2 Å². The van der Waals surface area contributed by atoms with Gasteiger partial charge in [0.05, 0.1) is 27.7 Å². The van der Waals surface area contributed by atoms with Gasteiger partial charge in [-0.1, -0.05) is 19.3 Å². The molecule has 0 rings (SSSR count). The van der Waals surface area contributed by atoms with Gasteiger partial charge in [-0.15, -0.1) is 0 Å². The molecule has 0 aromatic heterocycles. The lowest BCUT2D eigenvalue weighted by Gasteiger charge is -2.23. The topological polar surface area (TPSA) is 3.24 Å². The van der Waals surface area contributed by atoms with E-state index in [2.05, 4.69) is 47.1 Å². The first-order valence-electron chi connectivity index (χ1n) is 6.80. The monoisotopic (exact) mass is 229 g/mol. The Labute approximate surface area is 103 Å². The van der Waals surface area contributed by atoms with E-state index in [9.17, 15) is 0 Å². The first kappa shape index (κ1) is 15.9. The molecule has 0 N–H and O–H groups in total. The summed E-state index contributed by atoms with van der Waals surface area (Å²) in [5.74, 6) is 0. The number of hydrogen-bond acceptors (Lipinski definition) is 1. The van der Waals surface area contributed by atoms with Gasteiger partial charge in [-0.25, -0.2) is 0 Å². The molecule has 16 heavy (non-hydrogen) atoms. The highest BCUT2D eigenvalue weighted by Crippen LogP contribution is 2.10. The molecule has 0 aliphatic heterocycles. The van der Waals surface area contributed by atoms with E-state index in [1.807, 2.05) is 0 Å². The molecule has 0 aliphatic carbocycles. The predicted molar refractivity (Wildman–Crippen MR) is 73.8 cm³/mol. The predicted octanol–water partition coefficient (Wildman–Crippen LogP) is 2.98. The van der Waals surface area contributed by atoms with Crippen molar-refractivity contribution in [3.63, 3.8) is 0 Å². The minimum absolute atomic E-state index is 0.742. The maximum absolute atomic E-state index is 2.32. The van der Waals surface area contributed by atoms with Crippen LogP contribution in [0, 0.1) is 0 Å². The van der Waals surface area contributed by atoms with E-state index < -0.39 is 0 Å². The van der Waals surface area contributed by atoms with Crippen LogP contribution in [0.4, 0.5) is 0 Å². The average Bonchev–Trinajstić information content (AvgIpc) is 2.14. The van der Waals surface area contributed by atoms with Crippen LogP contribution in [0.15, 0.2) is 0 Å². The molecule has 0 saturated heterocycles. The molecule has 2 nitrogen and oxygen atoms in total. The van der Waals surface area contributed by atoms with Gasteiger partial charge in [0.1, 0.15) is 0 Å². The molecular formula is C14H33N2+. The zero-order valence-electron chi connectivity index (χ0n) is 12.4. The van der Waals surface area contributed by atoms with Crippen LogP contribution in [0.2, 0.25) is 0 Å². The Bertz CT molecular complexity index is 159. The third-order valence-corrected chi connectivity index (χ3v) is 3.33. The molecule has 0 aliphatic rings. The number of quaternary nitrogens is 1. The minimum Gasteiger partial charge on any atom is -0.331 e. The summed E-state index contributed by atoms with van der Waals surface area (Å²) in [5.41, 5.74) is 0. The van der Waals surface area contributed by atoms with Crippen LogP contribution in [0.1, 0.15) is 45.4 Å². The highest BCUT2D eigenvalue weighted by atomic mass is 15.3. The molecule has 0 amide bonds. The van der Waals surface area contributed by atoms with Crippen molar-refractivity contribution < 1.29 is 4.48 Å². The fraction of sp³-hybridized carbons (Fsp3) is 1.00. The molecule has 1 unspecified atom stereocenters. The zero-order valence-corrected chi connectivity index (χ0v) is 12.4. The highest BCUT2D eigenvalue weighted by molar-refractivity contribution is 4.59. The normalized spacial score (nSPS) is 14.4. The standard InChI is InChI=1S/C14H33N2/c1-14(15(2)3)12-10-8-7-9-11-13-16(4,5)6/h14H,7-13H2,1-6H3/q+1. The number of unbranched alkanes of at least 4 members (excludes halogenated alkanes) is 4. The maximum Gasteiger partial charge on any atom is 0.0780 e. The Morgan fingerprint density at radius 3 is 1.88 bits per heavy atom. The fourth-order valence-electron chi connectivity index (χ4n) is 1.81. The Balaban J connectivity index is 3.22. The second kappa shape index (κ2) is 8.08. The first-order valence-corrected chi connectivity index (χ1v) is 6.80. The molecule has 0 heterocycles. The van der Waals surface area contributed by atoms with Gasteiger partial charge in [-0.2, -0.15) is 0 Å². The average molecular weight is 229 g/mol. The van der Waals surface area contributed by atoms with Gasteiger partial charge in [-0.05, 0) is 40.3 Å². The smallest absolute Gasteiger partial charge is 0.0780 e. The van der Waals surface area contributed by atoms with Crippen LogP contribution in [0.5, 0.6) is 0 Å². The summed E-state index contributed by atoms with van der Waals surface area (Å²) >= 11 is 0. The van der Waals surface area contributed by atoms with Crippen molar-refractivity contribution in [2.75, 3.05) is 41.8 Å². The van der Waals surface area contributed by atoms with Crippen LogP contribution in [-0.2, 0) is 0 Å². The van der Waals surface area contributed by atoms with Gasteiger partial charge in [0.25, 0.3) is 0 Å². The summed E-state index contributed by atoms with van der Waals surface area (Å²) in [6.45, 7) is 3.63. The van der Waals surface area contributed by atoms with Gasteiger partial charge in [0.2, 0.25) is 0 Å². The van der Waals surface area contributed by atoms with Crippen LogP contribution in [0.3, 0.4) is 0 Å². The van der Waals surface area contributed by atoms with Crippen molar-refractivity contribution in [3.05, 3.63) is 0 Å². The SMILES string of the molecule is CC(CCCCCCC[N+](C)(C)C)N(C)C. The Morgan fingerprint density at radius 1 is 0.875 bits per heavy atom. The van der Waals surface area contributed by atoms with Gasteiger partial charge < -0.3 is 9.38 Å². The fourth-order valence-corrected chi connectivity index (χ4v) is 1.81. The summed E-state index contributed by atoms with van der Waals surface area (Å²) in [5, 5.41) is 0. The van der Waals surface area contributed by atoms with E-state index in [1.165, 1.54) is 45.1 Å². The number of nitrogens with zero attached hydrogens (tertiary/aromatic N) is 2. The molecule has 0 aromatic rings. The van der Waals surface area contributed by atoms with E-state index in [0.717, 1.165) is 10.5 Å². The molecule has 1 atom stereocenters. The summed E-state index contributed by atoms with van der Waals surface area (Å²) in [7, 11) is 11.2. The summed E-state index contributed by atoms with van der Waals surface area (Å²) < 4.78 is 1.11. The van der Waals surface area contributed by atoms with Gasteiger partial charge in [-0.3, -0.25) is 0 Å². The Hall–Kier alpha value is -0.0800. The van der Waals surface area contributed by atoms with Crippen molar-refractivity contribution in [1.29, 1.82) is 0 Å². The molecule has 0 aromatic carbocycles. The quantitative estimate of drug-likeness (QED) is 0.434. The summed E-state index contributed by atoms with van der Waals surface area (Å²) in [6.07, 6.45) is 8.36. The van der Waals surface area contributed by atoms with Crippen LogP contribution >= 0.6 is 0 Å². The number of hydrogen-bond donors (Lipinski definition) is 0. The van der Waals surface area contributed by atoms with Gasteiger partial charge >= 0.3 is 0 Å². The lowest BCUT2D eigenvalue weighted by atomic mass is 10.1. The zero-order chi connectivity index (χ0) is 12.6. The van der Waals surface area contributed by atoms with Crippen molar-refractivity contribution in [2.24, 2.45) is 0 Å². The minimum atomic E-state index is 0.742. The molecule has 98 valence electrons. The third-order valence-electron chi connectivity index (χ3n) is 3.33. The Kier molecular flexibility index (Phi) is 8.04. The lowest BCUT2D eigenvalue weighted by molar-refractivity contribution is -0.870. The van der Waals surface area contributed by atoms with Gasteiger partial charge in [0.15, 0.2) is 0 Å². The summed E-state index contributed by atoms with van der Waals surface area (Å²) in [4.78, 5) is 2.32. The van der Waals surface area contributed by atoms with Crippen molar-refractivity contribution in [1.82, 2.24) is 4.90 Å². The summed E-state index contributed by atoms with van der Waals surface area (Å²) in [6, 6.07) is 0.742. The van der Waals surface area contributed by atoms with E-state index in [4.69, 9.17) is 0 Å². The molecule has 0 fully saturated rings. The van der Waals surface area contributed by atoms with E-state index in [1.54, 1.807) is 0 Å². The van der Waals surface area contributed by atoms with Crippen LogP contribution < -0.4 is 0 Å². The van der Waals surface area contributed by atoms with Crippen molar-refractivity contribution in [2.45, 2.75) is 51.5 Å². The van der Waals surface area contributed by atoms with Gasteiger partial charge in [0, 0.05) is 6.04 Å². The largest absolute Gasteiger partial charge is 0.331 e. The van der Waals surface area contributed by atoms with E-state index in [0.29, 0.717) is 0 Å². The molecule has 2 heteroatoms. The van der Waals surface area contributed by atoms with E-state index in [-0.39, 0.29) is 0 Å². The molecule has 0 radical (unpaired) electrons. The van der Waals surface area contributed by atoms with E-state index >= 15 is 0 Å². The second-order valence-corrected chi connectivity index (χ2v) is 6.38. The van der Waals surface area contributed by atoms with Crippen molar-refractivity contribution >= 4 is 0 Å².